The van der Waals surface area contributed by atoms with Gasteiger partial charge >= 0.3 is 0 Å². The van der Waals surface area contributed by atoms with Crippen LogP contribution in [-0.4, -0.2) is 0 Å². The van der Waals surface area contributed by atoms with Gasteiger partial charge in [0.25, 0.3) is 0 Å². The summed E-state index contributed by atoms with van der Waals surface area (Å²) in [6.45, 7) is 0. The van der Waals surface area contributed by atoms with Crippen LogP contribution in [0.3, 0.4) is 0 Å². The molecule has 0 aliphatic heterocycles. The second-order valence-corrected chi connectivity index (χ2v) is 4.97. The maximum atomic E-state index is 1.62. The Hall–Kier alpha value is 0. The molecule has 0 amide bonds. The normalized spacial score (nSPS) is 74.4. The van der Waals surface area contributed by atoms with E-state index in [1.54, 1.807) is 25.7 Å². The van der Waals surface area contributed by atoms with E-state index in [9.17, 15) is 0 Å². The third-order valence-corrected chi connectivity index (χ3v) is 5.02. The van der Waals surface area contributed by atoms with Crippen molar-refractivity contribution >= 4 is 0 Å². The first kappa shape index (κ1) is 4.79. The van der Waals surface area contributed by atoms with Gasteiger partial charge in [0.05, 0.1) is 0 Å². The van der Waals surface area contributed by atoms with Crippen molar-refractivity contribution in [2.45, 2.75) is 25.7 Å². The maximum absolute atomic E-state index is 1.62. The summed E-state index contributed by atoms with van der Waals surface area (Å²) >= 11 is 0. The zero-order valence-corrected chi connectivity index (χ0v) is 6.29. The highest BCUT2D eigenvalue weighted by molar-refractivity contribution is 5.21. The summed E-state index contributed by atoms with van der Waals surface area (Å²) in [5.41, 5.74) is 0. The first-order valence-electron chi connectivity index (χ1n) is 4.97. The number of fused-ring (bicyclic) bond motifs is 1. The Kier molecular flexibility index (Phi) is 0.570. The van der Waals surface area contributed by atoms with Gasteiger partial charge in [0.1, 0.15) is 0 Å². The van der Waals surface area contributed by atoms with E-state index < -0.39 is 0 Å². The van der Waals surface area contributed by atoms with Crippen molar-refractivity contribution < 1.29 is 0 Å². The SMILES string of the molecule is C1CC2C3CCC1C1C2C31. The maximum Gasteiger partial charge on any atom is -0.0315 e. The minimum Gasteiger partial charge on any atom is -0.0499 e. The van der Waals surface area contributed by atoms with Gasteiger partial charge in [0.2, 0.25) is 0 Å². The minimum atomic E-state index is 1.21. The fourth-order valence-electron chi connectivity index (χ4n) is 4.74. The highest BCUT2D eigenvalue weighted by Gasteiger charge is 2.73. The van der Waals surface area contributed by atoms with Crippen molar-refractivity contribution in [1.29, 1.82) is 0 Å². The van der Waals surface area contributed by atoms with E-state index in [4.69, 9.17) is 0 Å². The molecule has 0 aromatic carbocycles. The smallest absolute Gasteiger partial charge is 0.0315 e. The predicted octanol–water partition coefficient (Wildman–Crippen LogP) is 2.30. The van der Waals surface area contributed by atoms with Gasteiger partial charge in [-0.2, -0.15) is 0 Å². The van der Waals surface area contributed by atoms with E-state index in [1.165, 1.54) is 35.5 Å². The fraction of sp³-hybridized carbons (Fsp3) is 1.00. The average molecular weight is 134 g/mol. The number of hydrogen-bond acceptors (Lipinski definition) is 0. The molecular weight excluding hydrogens is 120 g/mol. The molecule has 0 saturated heterocycles. The van der Waals surface area contributed by atoms with Crippen LogP contribution in [0, 0.1) is 35.5 Å². The Morgan fingerprint density at radius 3 is 1.80 bits per heavy atom. The molecule has 0 nitrogen and oxygen atoms in total. The van der Waals surface area contributed by atoms with Crippen LogP contribution in [0.2, 0.25) is 0 Å². The molecule has 4 unspecified atom stereocenters. The Labute approximate surface area is 62.0 Å². The third-order valence-electron chi connectivity index (χ3n) is 5.02. The molecule has 4 atom stereocenters. The van der Waals surface area contributed by atoms with Crippen LogP contribution in [0.4, 0.5) is 0 Å². The first-order chi connectivity index (χ1) is 4.97. The molecular formula is C10H14. The summed E-state index contributed by atoms with van der Waals surface area (Å²) in [4.78, 5) is 0. The monoisotopic (exact) mass is 134 g/mol. The van der Waals surface area contributed by atoms with Crippen molar-refractivity contribution in [3.63, 3.8) is 0 Å². The van der Waals surface area contributed by atoms with Gasteiger partial charge in [-0.3, -0.25) is 0 Å². The summed E-state index contributed by atoms with van der Waals surface area (Å²) < 4.78 is 0. The van der Waals surface area contributed by atoms with Crippen molar-refractivity contribution in [1.82, 2.24) is 0 Å². The van der Waals surface area contributed by atoms with Crippen LogP contribution in [-0.2, 0) is 0 Å². The summed E-state index contributed by atoms with van der Waals surface area (Å²) in [5.74, 6) is 7.54. The van der Waals surface area contributed by atoms with Crippen LogP contribution >= 0.6 is 0 Å². The molecule has 4 aliphatic carbocycles. The van der Waals surface area contributed by atoms with E-state index in [2.05, 4.69) is 0 Å². The zero-order chi connectivity index (χ0) is 6.29. The van der Waals surface area contributed by atoms with Gasteiger partial charge in [-0.1, -0.05) is 0 Å². The van der Waals surface area contributed by atoms with Crippen LogP contribution in [0.1, 0.15) is 25.7 Å². The van der Waals surface area contributed by atoms with Gasteiger partial charge in [-0.05, 0) is 61.2 Å². The second kappa shape index (κ2) is 1.19. The summed E-state index contributed by atoms with van der Waals surface area (Å²) in [5, 5.41) is 0. The molecule has 54 valence electrons. The van der Waals surface area contributed by atoms with E-state index in [-0.39, 0.29) is 0 Å². The van der Waals surface area contributed by atoms with Gasteiger partial charge in [0, 0.05) is 0 Å². The molecule has 0 spiro atoms. The lowest BCUT2D eigenvalue weighted by atomic mass is 9.71. The lowest BCUT2D eigenvalue weighted by Gasteiger charge is -2.34. The van der Waals surface area contributed by atoms with Crippen LogP contribution in [0.25, 0.3) is 0 Å². The lowest BCUT2D eigenvalue weighted by molar-refractivity contribution is 0.143. The highest BCUT2D eigenvalue weighted by Crippen LogP contribution is 2.79. The Morgan fingerprint density at radius 1 is 0.600 bits per heavy atom. The molecule has 0 aromatic rings. The van der Waals surface area contributed by atoms with Crippen molar-refractivity contribution in [2.75, 3.05) is 0 Å². The number of hydrogen-bond donors (Lipinski definition) is 0. The Morgan fingerprint density at radius 2 is 1.20 bits per heavy atom. The van der Waals surface area contributed by atoms with Crippen LogP contribution in [0.15, 0.2) is 0 Å². The lowest BCUT2D eigenvalue weighted by Crippen LogP contribution is -2.28. The summed E-state index contributed by atoms with van der Waals surface area (Å²) in [6, 6.07) is 0. The van der Waals surface area contributed by atoms with Crippen molar-refractivity contribution in [3.8, 4) is 0 Å². The third kappa shape index (κ3) is 0.302. The van der Waals surface area contributed by atoms with E-state index in [1.807, 2.05) is 0 Å². The molecule has 4 fully saturated rings. The van der Waals surface area contributed by atoms with Gasteiger partial charge in [-0.25, -0.2) is 0 Å². The molecule has 0 bridgehead atoms. The van der Waals surface area contributed by atoms with Crippen molar-refractivity contribution in [3.05, 3.63) is 0 Å². The molecule has 0 radical (unpaired) electrons. The van der Waals surface area contributed by atoms with Crippen molar-refractivity contribution in [2.24, 2.45) is 35.5 Å². The predicted molar refractivity (Wildman–Crippen MR) is 39.4 cm³/mol. The summed E-state index contributed by atoms with van der Waals surface area (Å²) in [6.07, 6.45) is 6.46. The Balaban J connectivity index is 1.87. The quantitative estimate of drug-likeness (QED) is 0.477. The number of rotatable bonds is 0. The summed E-state index contributed by atoms with van der Waals surface area (Å²) in [7, 11) is 0. The van der Waals surface area contributed by atoms with Gasteiger partial charge in [0.15, 0.2) is 0 Å². The second-order valence-electron chi connectivity index (χ2n) is 4.97. The highest BCUT2D eigenvalue weighted by atomic mass is 14.8. The largest absolute Gasteiger partial charge is 0.0499 e. The Bertz CT molecular complexity index is 160. The topological polar surface area (TPSA) is 0 Å². The molecule has 4 rings (SSSR count). The standard InChI is InChI=1S/C10H14/c1-3-6-7-4-2-5(1)8-9(6)10(7)8/h5-10H,1-4H2. The molecule has 0 heteroatoms. The molecule has 4 saturated carbocycles. The van der Waals surface area contributed by atoms with Gasteiger partial charge < -0.3 is 0 Å². The van der Waals surface area contributed by atoms with E-state index in [0.717, 1.165) is 0 Å². The fourth-order valence-corrected chi connectivity index (χ4v) is 4.74. The van der Waals surface area contributed by atoms with E-state index >= 15 is 0 Å². The molecule has 4 aliphatic rings. The minimum absolute atomic E-state index is 1.21. The van der Waals surface area contributed by atoms with Crippen LogP contribution in [0.5, 0.6) is 0 Å². The molecule has 0 heterocycles. The molecule has 0 N–H and O–H groups in total. The van der Waals surface area contributed by atoms with E-state index in [0.29, 0.717) is 0 Å². The first-order valence-corrected chi connectivity index (χ1v) is 4.97. The van der Waals surface area contributed by atoms with Crippen LogP contribution < -0.4 is 0 Å². The molecule has 10 heavy (non-hydrogen) atoms. The average Bonchev–Trinajstić information content (AvgIpc) is 2.58. The molecule has 0 aromatic heterocycles. The zero-order valence-electron chi connectivity index (χ0n) is 6.29. The van der Waals surface area contributed by atoms with Gasteiger partial charge in [-0.15, -0.1) is 0 Å².